The first kappa shape index (κ1) is 19.2. The van der Waals surface area contributed by atoms with Crippen molar-refractivity contribution in [3.8, 4) is 5.75 Å². The van der Waals surface area contributed by atoms with Gasteiger partial charge in [0.2, 0.25) is 0 Å². The lowest BCUT2D eigenvalue weighted by atomic mass is 10.00. The molecule has 2 heteroatoms. The molecule has 24 heavy (non-hydrogen) atoms. The number of unbranched alkanes of at least 4 members (excludes halogenated alkanes) is 7. The van der Waals surface area contributed by atoms with Gasteiger partial charge in [-0.15, -0.1) is 12.6 Å². The Morgan fingerprint density at radius 2 is 1.58 bits per heavy atom. The van der Waals surface area contributed by atoms with E-state index < -0.39 is 0 Å². The van der Waals surface area contributed by atoms with E-state index in [0.29, 0.717) is 0 Å². The summed E-state index contributed by atoms with van der Waals surface area (Å²) in [7, 11) is 1.71. The minimum absolute atomic E-state index is 0.890. The molecule has 0 saturated heterocycles. The Hall–Kier alpha value is -1.15. The van der Waals surface area contributed by atoms with Crippen LogP contribution in [0, 0.1) is 6.92 Å². The van der Waals surface area contributed by atoms with Crippen LogP contribution in [0.15, 0.2) is 29.2 Å². The van der Waals surface area contributed by atoms with Crippen molar-refractivity contribution in [1.82, 2.24) is 0 Å². The molecule has 0 unspecified atom stereocenters. The first-order valence-electron chi connectivity index (χ1n) is 9.46. The lowest BCUT2D eigenvalue weighted by Gasteiger charge is -2.12. The van der Waals surface area contributed by atoms with Gasteiger partial charge in [-0.25, -0.2) is 0 Å². The van der Waals surface area contributed by atoms with E-state index in [-0.39, 0.29) is 0 Å². The van der Waals surface area contributed by atoms with E-state index in [4.69, 9.17) is 4.74 Å². The Kier molecular flexibility index (Phi) is 7.98. The molecule has 1 nitrogen and oxygen atoms in total. The Morgan fingerprint density at radius 3 is 2.25 bits per heavy atom. The van der Waals surface area contributed by atoms with E-state index in [2.05, 4.69) is 50.7 Å². The minimum Gasteiger partial charge on any atom is -0.495 e. The summed E-state index contributed by atoms with van der Waals surface area (Å²) in [6.07, 6.45) is 12.2. The van der Waals surface area contributed by atoms with Crippen molar-refractivity contribution < 1.29 is 4.74 Å². The van der Waals surface area contributed by atoms with E-state index in [9.17, 15) is 0 Å². The molecule has 0 saturated carbocycles. The molecule has 0 heterocycles. The summed E-state index contributed by atoms with van der Waals surface area (Å²) in [5, 5.41) is 2.45. The van der Waals surface area contributed by atoms with Gasteiger partial charge in [-0.3, -0.25) is 0 Å². The van der Waals surface area contributed by atoms with Crippen LogP contribution in [0.2, 0.25) is 0 Å². The first-order chi connectivity index (χ1) is 11.7. The summed E-state index contributed by atoms with van der Waals surface area (Å²) in [6, 6.07) is 8.98. The lowest BCUT2D eigenvalue weighted by molar-refractivity contribution is 0.403. The highest BCUT2D eigenvalue weighted by atomic mass is 32.1. The third kappa shape index (κ3) is 5.17. The van der Waals surface area contributed by atoms with Gasteiger partial charge >= 0.3 is 0 Å². The van der Waals surface area contributed by atoms with Gasteiger partial charge in [-0.1, -0.05) is 70.1 Å². The summed E-state index contributed by atoms with van der Waals surface area (Å²) < 4.78 is 5.46. The maximum absolute atomic E-state index is 5.46. The Balaban J connectivity index is 1.87. The van der Waals surface area contributed by atoms with Crippen LogP contribution in [-0.2, 0) is 6.42 Å². The molecule has 132 valence electrons. The SMILES string of the molecule is CCCCCCCCCCc1ccc2c(S)c(OC)c(C)cc2c1. The molecular formula is C22H32OS. The van der Waals surface area contributed by atoms with Crippen molar-refractivity contribution >= 4 is 23.4 Å². The lowest BCUT2D eigenvalue weighted by Crippen LogP contribution is -1.92. The van der Waals surface area contributed by atoms with E-state index >= 15 is 0 Å². The van der Waals surface area contributed by atoms with Crippen LogP contribution in [0.1, 0.15) is 69.4 Å². The molecule has 0 bridgehead atoms. The number of rotatable bonds is 10. The van der Waals surface area contributed by atoms with E-state index in [1.807, 2.05) is 0 Å². The van der Waals surface area contributed by atoms with Gasteiger partial charge in [0, 0.05) is 0 Å². The van der Waals surface area contributed by atoms with Crippen LogP contribution in [0.25, 0.3) is 10.8 Å². The highest BCUT2D eigenvalue weighted by molar-refractivity contribution is 7.80. The fourth-order valence-corrected chi connectivity index (χ4v) is 3.90. The van der Waals surface area contributed by atoms with Crippen molar-refractivity contribution in [2.45, 2.75) is 76.5 Å². The Morgan fingerprint density at radius 1 is 0.917 bits per heavy atom. The molecule has 2 rings (SSSR count). The fourth-order valence-electron chi connectivity index (χ4n) is 3.43. The molecule has 0 N–H and O–H groups in total. The molecule has 0 fully saturated rings. The summed E-state index contributed by atoms with van der Waals surface area (Å²) in [5.74, 6) is 0.890. The zero-order chi connectivity index (χ0) is 17.4. The second-order valence-corrected chi connectivity index (χ2v) is 7.30. The van der Waals surface area contributed by atoms with E-state index in [1.165, 1.54) is 74.1 Å². The molecule has 0 amide bonds. The molecular weight excluding hydrogens is 312 g/mol. The van der Waals surface area contributed by atoms with Gasteiger partial charge in [0.05, 0.1) is 12.0 Å². The third-order valence-corrected chi connectivity index (χ3v) is 5.28. The van der Waals surface area contributed by atoms with Gasteiger partial charge in [0.15, 0.2) is 0 Å². The summed E-state index contributed by atoms with van der Waals surface area (Å²) in [4.78, 5) is 0.950. The number of methoxy groups -OCH3 is 1. The largest absolute Gasteiger partial charge is 0.495 e. The van der Waals surface area contributed by atoms with Crippen LogP contribution < -0.4 is 4.74 Å². The van der Waals surface area contributed by atoms with Crippen LogP contribution in [-0.4, -0.2) is 7.11 Å². The van der Waals surface area contributed by atoms with Crippen LogP contribution in [0.3, 0.4) is 0 Å². The van der Waals surface area contributed by atoms with Crippen molar-refractivity contribution in [3.05, 3.63) is 35.4 Å². The number of benzene rings is 2. The van der Waals surface area contributed by atoms with Crippen molar-refractivity contribution in [2.24, 2.45) is 0 Å². The number of fused-ring (bicyclic) bond motifs is 1. The van der Waals surface area contributed by atoms with E-state index in [0.717, 1.165) is 16.2 Å². The molecule has 0 aliphatic rings. The number of hydrogen-bond donors (Lipinski definition) is 1. The van der Waals surface area contributed by atoms with Crippen molar-refractivity contribution in [2.75, 3.05) is 7.11 Å². The summed E-state index contributed by atoms with van der Waals surface area (Å²) in [6.45, 7) is 4.36. The van der Waals surface area contributed by atoms with Gasteiger partial charge < -0.3 is 4.74 Å². The van der Waals surface area contributed by atoms with Crippen LogP contribution >= 0.6 is 12.6 Å². The number of hydrogen-bond acceptors (Lipinski definition) is 2. The van der Waals surface area contributed by atoms with Gasteiger partial charge in [0.25, 0.3) is 0 Å². The molecule has 0 aliphatic heterocycles. The smallest absolute Gasteiger partial charge is 0.135 e. The normalized spacial score (nSPS) is 11.2. The predicted octanol–water partition coefficient (Wildman–Crippen LogP) is 7.13. The second kappa shape index (κ2) is 9.98. The first-order valence-corrected chi connectivity index (χ1v) is 9.91. The monoisotopic (exact) mass is 344 g/mol. The minimum atomic E-state index is 0.890. The fraction of sp³-hybridized carbons (Fsp3) is 0.545. The Bertz CT molecular complexity index is 648. The zero-order valence-corrected chi connectivity index (χ0v) is 16.4. The molecule has 0 spiro atoms. The average Bonchev–Trinajstić information content (AvgIpc) is 2.57. The average molecular weight is 345 g/mol. The number of thiol groups is 1. The second-order valence-electron chi connectivity index (χ2n) is 6.86. The van der Waals surface area contributed by atoms with Crippen LogP contribution in [0.5, 0.6) is 5.75 Å². The molecule has 2 aromatic carbocycles. The van der Waals surface area contributed by atoms with Gasteiger partial charge in [0.1, 0.15) is 5.75 Å². The zero-order valence-electron chi connectivity index (χ0n) is 15.5. The highest BCUT2D eigenvalue weighted by Crippen LogP contribution is 2.35. The maximum Gasteiger partial charge on any atom is 0.135 e. The molecule has 2 aromatic rings. The third-order valence-electron chi connectivity index (χ3n) is 4.84. The molecule has 0 aromatic heterocycles. The van der Waals surface area contributed by atoms with Crippen LogP contribution in [0.4, 0.5) is 0 Å². The predicted molar refractivity (Wildman–Crippen MR) is 109 cm³/mol. The quantitative estimate of drug-likeness (QED) is 0.356. The number of aryl methyl sites for hydroxylation is 2. The molecule has 0 radical (unpaired) electrons. The maximum atomic E-state index is 5.46. The molecule has 0 atom stereocenters. The van der Waals surface area contributed by atoms with Crippen molar-refractivity contribution in [1.29, 1.82) is 0 Å². The Labute approximate surface area is 153 Å². The van der Waals surface area contributed by atoms with Crippen molar-refractivity contribution in [3.63, 3.8) is 0 Å². The standard InChI is InChI=1S/C22H32OS/c1-4-5-6-7-8-9-10-11-12-18-13-14-20-19(16-18)15-17(2)21(23-3)22(20)24/h13-16,24H,4-12H2,1-3H3. The van der Waals surface area contributed by atoms with E-state index in [1.54, 1.807) is 7.11 Å². The summed E-state index contributed by atoms with van der Waals surface area (Å²) >= 11 is 4.66. The molecule has 0 aliphatic carbocycles. The van der Waals surface area contributed by atoms with Gasteiger partial charge in [-0.2, -0.15) is 0 Å². The topological polar surface area (TPSA) is 9.23 Å². The number of ether oxygens (including phenoxy) is 1. The highest BCUT2D eigenvalue weighted by Gasteiger charge is 2.09. The summed E-state index contributed by atoms with van der Waals surface area (Å²) in [5.41, 5.74) is 2.59. The van der Waals surface area contributed by atoms with Gasteiger partial charge in [-0.05, 0) is 47.7 Å².